The van der Waals surface area contributed by atoms with Gasteiger partial charge in [-0.25, -0.2) is 4.98 Å². The predicted molar refractivity (Wildman–Crippen MR) is 136 cm³/mol. The largest absolute Gasteiger partial charge is 0.333 e. The molecule has 176 valence electrons. The van der Waals surface area contributed by atoms with Gasteiger partial charge in [-0.2, -0.15) is 0 Å². The molecule has 2 aromatic carbocycles. The molecular weight excluding hydrogens is 434 g/mol. The predicted octanol–water partition coefficient (Wildman–Crippen LogP) is 6.62. The van der Waals surface area contributed by atoms with E-state index in [-0.39, 0.29) is 17.5 Å². The Labute approximate surface area is 201 Å². The van der Waals surface area contributed by atoms with Crippen molar-refractivity contribution in [2.45, 2.75) is 72.3 Å². The van der Waals surface area contributed by atoms with Gasteiger partial charge in [-0.05, 0) is 56.5 Å². The Kier molecular flexibility index (Phi) is 8.67. The number of hydrogen-bond acceptors (Lipinski definition) is 3. The minimum atomic E-state index is -0.362. The fourth-order valence-electron chi connectivity index (χ4n) is 4.26. The zero-order chi connectivity index (χ0) is 24.0. The van der Waals surface area contributed by atoms with Crippen LogP contribution in [0.2, 0.25) is 5.02 Å². The Bertz CT molecular complexity index is 1170. The van der Waals surface area contributed by atoms with Crippen LogP contribution < -0.4 is 5.56 Å². The maximum atomic E-state index is 13.7. The number of carbonyl (C=O) groups excluding carboxylic acids is 1. The quantitative estimate of drug-likeness (QED) is 0.315. The van der Waals surface area contributed by atoms with Gasteiger partial charge in [0.15, 0.2) is 0 Å². The summed E-state index contributed by atoms with van der Waals surface area (Å²) in [7, 11) is 0. The van der Waals surface area contributed by atoms with Gasteiger partial charge in [0.05, 0.1) is 22.6 Å². The first-order valence-corrected chi connectivity index (χ1v) is 12.3. The summed E-state index contributed by atoms with van der Waals surface area (Å²) in [5, 5.41) is 1.13. The van der Waals surface area contributed by atoms with Crippen molar-refractivity contribution in [1.82, 2.24) is 14.5 Å². The molecule has 0 N–H and O–H groups in total. The lowest BCUT2D eigenvalue weighted by Gasteiger charge is -2.31. The third-order valence-corrected chi connectivity index (χ3v) is 6.56. The number of nitrogens with zero attached hydrogens (tertiary/aromatic N) is 3. The number of benzene rings is 2. The molecule has 6 heteroatoms. The Balaban J connectivity index is 2.14. The van der Waals surface area contributed by atoms with E-state index in [4.69, 9.17) is 16.6 Å². The summed E-state index contributed by atoms with van der Waals surface area (Å²) in [6, 6.07) is 12.5. The van der Waals surface area contributed by atoms with Crippen LogP contribution in [-0.4, -0.2) is 26.9 Å². The molecule has 0 saturated carbocycles. The Morgan fingerprint density at radius 2 is 1.82 bits per heavy atom. The molecule has 0 aliphatic rings. The number of unbranched alkanes of at least 4 members (excludes halogenated alkanes) is 3. The number of para-hydroxylation sites is 1. The molecule has 1 atom stereocenters. The van der Waals surface area contributed by atoms with Crippen LogP contribution in [0.4, 0.5) is 0 Å². The first kappa shape index (κ1) is 25.0. The monoisotopic (exact) mass is 467 g/mol. The first-order valence-electron chi connectivity index (χ1n) is 12.0. The van der Waals surface area contributed by atoms with Gasteiger partial charge in [-0.3, -0.25) is 14.2 Å². The Hall–Kier alpha value is -2.66. The van der Waals surface area contributed by atoms with Gasteiger partial charge in [0, 0.05) is 18.0 Å². The summed E-state index contributed by atoms with van der Waals surface area (Å²) in [6.45, 7) is 8.70. The van der Waals surface area contributed by atoms with E-state index in [1.165, 1.54) is 0 Å². The SMILES string of the molecule is CCCCCCC(=O)N(CCC)C(C)c1nc2ccccc2c(=O)n1-c1cccc(Cl)c1C. The summed E-state index contributed by atoms with van der Waals surface area (Å²) < 4.78 is 1.64. The number of rotatable bonds is 10. The molecule has 1 unspecified atom stereocenters. The third-order valence-electron chi connectivity index (χ3n) is 6.15. The number of carbonyl (C=O) groups is 1. The van der Waals surface area contributed by atoms with Crippen LogP contribution in [0.1, 0.15) is 76.7 Å². The molecular formula is C27H34ClN3O2. The van der Waals surface area contributed by atoms with Gasteiger partial charge < -0.3 is 4.90 Å². The van der Waals surface area contributed by atoms with Crippen molar-refractivity contribution in [1.29, 1.82) is 0 Å². The number of fused-ring (bicyclic) bond motifs is 1. The topological polar surface area (TPSA) is 55.2 Å². The second-order valence-corrected chi connectivity index (χ2v) is 8.99. The number of aromatic nitrogens is 2. The van der Waals surface area contributed by atoms with Crippen LogP contribution in [0, 0.1) is 6.92 Å². The van der Waals surface area contributed by atoms with Gasteiger partial charge >= 0.3 is 0 Å². The lowest BCUT2D eigenvalue weighted by molar-refractivity contribution is -0.133. The molecule has 5 nitrogen and oxygen atoms in total. The molecule has 3 rings (SSSR count). The van der Waals surface area contributed by atoms with Crippen molar-refractivity contribution in [3.8, 4) is 5.69 Å². The molecule has 0 aliphatic heterocycles. The summed E-state index contributed by atoms with van der Waals surface area (Å²) in [5.41, 5.74) is 1.98. The average Bonchev–Trinajstić information content (AvgIpc) is 2.82. The van der Waals surface area contributed by atoms with Gasteiger partial charge in [0.1, 0.15) is 5.82 Å². The molecule has 33 heavy (non-hydrogen) atoms. The molecule has 0 bridgehead atoms. The minimum Gasteiger partial charge on any atom is -0.333 e. The van der Waals surface area contributed by atoms with Crippen LogP contribution in [0.25, 0.3) is 16.6 Å². The second kappa shape index (κ2) is 11.5. The Morgan fingerprint density at radius 1 is 1.06 bits per heavy atom. The van der Waals surface area contributed by atoms with E-state index in [2.05, 4.69) is 13.8 Å². The minimum absolute atomic E-state index is 0.109. The van der Waals surface area contributed by atoms with E-state index < -0.39 is 0 Å². The summed E-state index contributed by atoms with van der Waals surface area (Å²) in [4.78, 5) is 33.7. The summed E-state index contributed by atoms with van der Waals surface area (Å²) in [6.07, 6.45) is 5.55. The van der Waals surface area contributed by atoms with Crippen molar-refractivity contribution in [2.75, 3.05) is 6.54 Å². The molecule has 1 amide bonds. The van der Waals surface area contributed by atoms with E-state index in [9.17, 15) is 9.59 Å². The van der Waals surface area contributed by atoms with Gasteiger partial charge in [-0.15, -0.1) is 0 Å². The second-order valence-electron chi connectivity index (χ2n) is 8.59. The van der Waals surface area contributed by atoms with E-state index in [0.717, 1.165) is 37.7 Å². The molecule has 0 fully saturated rings. The van der Waals surface area contributed by atoms with E-state index in [1.807, 2.05) is 55.1 Å². The summed E-state index contributed by atoms with van der Waals surface area (Å²) >= 11 is 6.41. The number of amides is 1. The molecule has 1 aromatic heterocycles. The highest BCUT2D eigenvalue weighted by atomic mass is 35.5. The fraction of sp³-hybridized carbons (Fsp3) is 0.444. The zero-order valence-electron chi connectivity index (χ0n) is 20.1. The van der Waals surface area contributed by atoms with Crippen LogP contribution in [0.5, 0.6) is 0 Å². The lowest BCUT2D eigenvalue weighted by Crippen LogP contribution is -2.38. The molecule has 0 spiro atoms. The molecule has 1 heterocycles. The average molecular weight is 468 g/mol. The van der Waals surface area contributed by atoms with Crippen molar-refractivity contribution >= 4 is 28.4 Å². The zero-order valence-corrected chi connectivity index (χ0v) is 20.9. The highest BCUT2D eigenvalue weighted by Gasteiger charge is 2.26. The molecule has 3 aromatic rings. The standard InChI is InChI=1S/C27H34ClN3O2/c1-5-7-8-9-17-25(32)30(18-6-2)20(4)26-29-23-15-11-10-13-21(23)27(33)31(26)24-16-12-14-22(28)19(24)3/h10-16,20H,5-9,17-18H2,1-4H3. The maximum Gasteiger partial charge on any atom is 0.266 e. The van der Waals surface area contributed by atoms with Gasteiger partial charge in [0.25, 0.3) is 5.56 Å². The number of halogens is 1. The van der Waals surface area contributed by atoms with Gasteiger partial charge in [-0.1, -0.05) is 62.9 Å². The maximum absolute atomic E-state index is 13.7. The van der Waals surface area contributed by atoms with Crippen LogP contribution >= 0.6 is 11.6 Å². The van der Waals surface area contributed by atoms with Crippen LogP contribution in [-0.2, 0) is 4.79 Å². The smallest absolute Gasteiger partial charge is 0.266 e. The van der Waals surface area contributed by atoms with Gasteiger partial charge in [0.2, 0.25) is 5.91 Å². The van der Waals surface area contributed by atoms with Crippen LogP contribution in [0.15, 0.2) is 47.3 Å². The third kappa shape index (κ3) is 5.47. The van der Waals surface area contributed by atoms with Crippen molar-refractivity contribution in [3.05, 3.63) is 69.2 Å². The highest BCUT2D eigenvalue weighted by Crippen LogP contribution is 2.27. The van der Waals surface area contributed by atoms with Crippen LogP contribution in [0.3, 0.4) is 0 Å². The molecule has 0 radical (unpaired) electrons. The fourth-order valence-corrected chi connectivity index (χ4v) is 4.43. The summed E-state index contributed by atoms with van der Waals surface area (Å²) in [5.74, 6) is 0.664. The van der Waals surface area contributed by atoms with E-state index >= 15 is 0 Å². The van der Waals surface area contributed by atoms with Crippen molar-refractivity contribution in [3.63, 3.8) is 0 Å². The highest BCUT2D eigenvalue weighted by molar-refractivity contribution is 6.31. The Morgan fingerprint density at radius 3 is 2.55 bits per heavy atom. The van der Waals surface area contributed by atoms with E-state index in [1.54, 1.807) is 10.6 Å². The molecule has 0 saturated heterocycles. The van der Waals surface area contributed by atoms with Crippen molar-refractivity contribution < 1.29 is 4.79 Å². The lowest BCUT2D eigenvalue weighted by atomic mass is 10.1. The normalized spacial score (nSPS) is 12.2. The molecule has 0 aliphatic carbocycles. The first-order chi connectivity index (χ1) is 15.9. The van der Waals surface area contributed by atoms with Crippen molar-refractivity contribution in [2.24, 2.45) is 0 Å². The van der Waals surface area contributed by atoms with E-state index in [0.29, 0.717) is 40.4 Å². The number of hydrogen-bond donors (Lipinski definition) is 0.